The Bertz CT molecular complexity index is 453. The van der Waals surface area contributed by atoms with Gasteiger partial charge >= 0.3 is 0 Å². The lowest BCUT2D eigenvalue weighted by Gasteiger charge is -2.02. The summed E-state index contributed by atoms with van der Waals surface area (Å²) in [6, 6.07) is 3.95. The van der Waals surface area contributed by atoms with Crippen LogP contribution in [-0.4, -0.2) is 27.7 Å². The van der Waals surface area contributed by atoms with Crippen molar-refractivity contribution in [3.8, 4) is 11.3 Å². The number of rotatable bonds is 7. The van der Waals surface area contributed by atoms with Crippen molar-refractivity contribution >= 4 is 0 Å². The van der Waals surface area contributed by atoms with E-state index in [2.05, 4.69) is 20.7 Å². The summed E-state index contributed by atoms with van der Waals surface area (Å²) < 4.78 is 7.43. The lowest BCUT2D eigenvalue weighted by Crippen LogP contribution is -1.98. The van der Waals surface area contributed by atoms with Crippen LogP contribution in [0.15, 0.2) is 37.1 Å². The van der Waals surface area contributed by atoms with Gasteiger partial charge in [-0.1, -0.05) is 0 Å². The number of imidazole rings is 1. The average molecular weight is 245 g/mol. The summed E-state index contributed by atoms with van der Waals surface area (Å²) in [7, 11) is 0. The average Bonchev–Trinajstić information content (AvgIpc) is 2.88. The van der Waals surface area contributed by atoms with E-state index < -0.39 is 0 Å². The number of aryl methyl sites for hydroxylation is 1. The zero-order valence-electron chi connectivity index (χ0n) is 10.7. The van der Waals surface area contributed by atoms with Crippen LogP contribution in [0.5, 0.6) is 0 Å². The molecule has 0 N–H and O–H groups in total. The molecule has 0 aliphatic rings. The van der Waals surface area contributed by atoms with Crippen molar-refractivity contribution in [3.05, 3.63) is 37.1 Å². The first-order valence-corrected chi connectivity index (χ1v) is 6.40. The van der Waals surface area contributed by atoms with Gasteiger partial charge in [0.25, 0.3) is 0 Å². The van der Waals surface area contributed by atoms with Gasteiger partial charge in [0.05, 0.1) is 12.0 Å². The minimum absolute atomic E-state index is 0.802. The van der Waals surface area contributed by atoms with Crippen LogP contribution in [0.4, 0.5) is 0 Å². The smallest absolute Gasteiger partial charge is 0.0953 e. The highest BCUT2D eigenvalue weighted by Gasteiger charge is 2.01. The molecule has 2 aromatic rings. The molecule has 0 saturated carbocycles. The molecule has 0 aromatic carbocycles. The summed E-state index contributed by atoms with van der Waals surface area (Å²) >= 11 is 0. The second kappa shape index (κ2) is 6.91. The van der Waals surface area contributed by atoms with E-state index in [-0.39, 0.29) is 0 Å². The molecule has 0 aliphatic carbocycles. The van der Waals surface area contributed by atoms with Gasteiger partial charge in [-0.25, -0.2) is 4.98 Å². The lowest BCUT2D eigenvalue weighted by atomic mass is 10.2. The standard InChI is InChI=1S/C14H19N3O/c1-2-18-9-4-3-8-17-11-14(16-12-17)13-6-5-7-15-10-13/h5-7,10-12H,2-4,8-9H2,1H3. The molecule has 4 heteroatoms. The lowest BCUT2D eigenvalue weighted by molar-refractivity contribution is 0.142. The second-order valence-electron chi connectivity index (χ2n) is 4.14. The maximum Gasteiger partial charge on any atom is 0.0953 e. The molecule has 0 atom stereocenters. The largest absolute Gasteiger partial charge is 0.382 e. The number of ether oxygens (including phenoxy) is 1. The Morgan fingerprint density at radius 3 is 3.06 bits per heavy atom. The number of aromatic nitrogens is 3. The highest BCUT2D eigenvalue weighted by atomic mass is 16.5. The van der Waals surface area contributed by atoms with E-state index in [9.17, 15) is 0 Å². The molecule has 18 heavy (non-hydrogen) atoms. The Balaban J connectivity index is 1.83. The van der Waals surface area contributed by atoms with Crippen molar-refractivity contribution in [2.75, 3.05) is 13.2 Å². The Kier molecular flexibility index (Phi) is 4.90. The number of hydrogen-bond donors (Lipinski definition) is 0. The van der Waals surface area contributed by atoms with Crippen molar-refractivity contribution in [1.82, 2.24) is 14.5 Å². The Hall–Kier alpha value is -1.68. The van der Waals surface area contributed by atoms with Crippen LogP contribution < -0.4 is 0 Å². The maximum absolute atomic E-state index is 5.31. The third-order valence-electron chi connectivity index (χ3n) is 2.75. The van der Waals surface area contributed by atoms with Gasteiger partial charge in [0, 0.05) is 43.9 Å². The molecule has 0 saturated heterocycles. The third kappa shape index (κ3) is 3.67. The fourth-order valence-electron chi connectivity index (χ4n) is 1.79. The molecule has 0 spiro atoms. The summed E-state index contributed by atoms with van der Waals surface area (Å²) in [6.45, 7) is 4.66. The summed E-state index contributed by atoms with van der Waals surface area (Å²) in [4.78, 5) is 8.49. The first-order chi connectivity index (χ1) is 8.90. The SMILES string of the molecule is CCOCCCCn1cnc(-c2cccnc2)c1. The molecular formula is C14H19N3O. The maximum atomic E-state index is 5.31. The molecule has 0 amide bonds. The van der Waals surface area contributed by atoms with Crippen LogP contribution in [0, 0.1) is 0 Å². The first kappa shape index (κ1) is 12.8. The van der Waals surface area contributed by atoms with Crippen LogP contribution in [0.2, 0.25) is 0 Å². The molecule has 0 fully saturated rings. The van der Waals surface area contributed by atoms with Gasteiger partial charge in [0.2, 0.25) is 0 Å². The summed E-state index contributed by atoms with van der Waals surface area (Å²) in [5.74, 6) is 0. The van der Waals surface area contributed by atoms with Gasteiger partial charge < -0.3 is 9.30 Å². The molecule has 96 valence electrons. The zero-order chi connectivity index (χ0) is 12.6. The quantitative estimate of drug-likeness (QED) is 0.704. The number of nitrogens with zero attached hydrogens (tertiary/aromatic N) is 3. The Morgan fingerprint density at radius 1 is 1.33 bits per heavy atom. The van der Waals surface area contributed by atoms with E-state index in [1.54, 1.807) is 6.20 Å². The summed E-state index contributed by atoms with van der Waals surface area (Å²) in [5.41, 5.74) is 2.04. The van der Waals surface area contributed by atoms with Gasteiger partial charge in [-0.15, -0.1) is 0 Å². The minimum Gasteiger partial charge on any atom is -0.382 e. The van der Waals surface area contributed by atoms with E-state index in [4.69, 9.17) is 4.74 Å². The van der Waals surface area contributed by atoms with E-state index in [1.807, 2.05) is 31.6 Å². The van der Waals surface area contributed by atoms with Crippen molar-refractivity contribution in [2.45, 2.75) is 26.3 Å². The van der Waals surface area contributed by atoms with Crippen LogP contribution in [-0.2, 0) is 11.3 Å². The van der Waals surface area contributed by atoms with Crippen LogP contribution >= 0.6 is 0 Å². The molecule has 0 aliphatic heterocycles. The highest BCUT2D eigenvalue weighted by molar-refractivity contribution is 5.56. The molecule has 2 rings (SSSR count). The van der Waals surface area contributed by atoms with Gasteiger partial charge in [-0.3, -0.25) is 4.98 Å². The molecule has 0 bridgehead atoms. The molecule has 0 unspecified atom stereocenters. The topological polar surface area (TPSA) is 39.9 Å². The van der Waals surface area contributed by atoms with E-state index in [1.165, 1.54) is 0 Å². The van der Waals surface area contributed by atoms with Crippen molar-refractivity contribution in [3.63, 3.8) is 0 Å². The third-order valence-corrected chi connectivity index (χ3v) is 2.75. The Labute approximate surface area is 108 Å². The second-order valence-corrected chi connectivity index (χ2v) is 4.14. The predicted molar refractivity (Wildman–Crippen MR) is 71.2 cm³/mol. The minimum atomic E-state index is 0.802. The number of pyridine rings is 1. The van der Waals surface area contributed by atoms with Crippen LogP contribution in [0.1, 0.15) is 19.8 Å². The highest BCUT2D eigenvalue weighted by Crippen LogP contribution is 2.14. The van der Waals surface area contributed by atoms with Crippen LogP contribution in [0.25, 0.3) is 11.3 Å². The van der Waals surface area contributed by atoms with Crippen molar-refractivity contribution < 1.29 is 4.74 Å². The summed E-state index contributed by atoms with van der Waals surface area (Å²) in [6.07, 6.45) is 9.76. The van der Waals surface area contributed by atoms with E-state index >= 15 is 0 Å². The van der Waals surface area contributed by atoms with Crippen molar-refractivity contribution in [2.24, 2.45) is 0 Å². The van der Waals surface area contributed by atoms with Gasteiger partial charge in [0.1, 0.15) is 0 Å². The van der Waals surface area contributed by atoms with Gasteiger partial charge in [-0.05, 0) is 31.9 Å². The normalized spacial score (nSPS) is 10.7. The fraction of sp³-hybridized carbons (Fsp3) is 0.429. The molecular weight excluding hydrogens is 226 g/mol. The number of hydrogen-bond acceptors (Lipinski definition) is 3. The summed E-state index contributed by atoms with van der Waals surface area (Å²) in [5, 5.41) is 0. The molecule has 2 aromatic heterocycles. The van der Waals surface area contributed by atoms with Crippen LogP contribution in [0.3, 0.4) is 0 Å². The van der Waals surface area contributed by atoms with Gasteiger partial charge in [0.15, 0.2) is 0 Å². The van der Waals surface area contributed by atoms with E-state index in [0.29, 0.717) is 0 Å². The zero-order valence-corrected chi connectivity index (χ0v) is 10.7. The van der Waals surface area contributed by atoms with E-state index in [0.717, 1.165) is 43.9 Å². The predicted octanol–water partition coefficient (Wildman–Crippen LogP) is 2.76. The molecule has 0 radical (unpaired) electrons. The first-order valence-electron chi connectivity index (χ1n) is 6.40. The number of unbranched alkanes of at least 4 members (excludes halogenated alkanes) is 1. The Morgan fingerprint density at radius 2 is 2.28 bits per heavy atom. The monoisotopic (exact) mass is 245 g/mol. The molecule has 4 nitrogen and oxygen atoms in total. The fourth-order valence-corrected chi connectivity index (χ4v) is 1.79. The van der Waals surface area contributed by atoms with Crippen molar-refractivity contribution in [1.29, 1.82) is 0 Å². The molecule has 2 heterocycles. The van der Waals surface area contributed by atoms with Gasteiger partial charge in [-0.2, -0.15) is 0 Å².